The van der Waals surface area contributed by atoms with Crippen LogP contribution in [0.4, 0.5) is 0 Å². The van der Waals surface area contributed by atoms with Crippen LogP contribution < -0.4 is 5.32 Å². The van der Waals surface area contributed by atoms with E-state index in [2.05, 4.69) is 5.32 Å². The summed E-state index contributed by atoms with van der Waals surface area (Å²) in [6.45, 7) is 4.95. The van der Waals surface area contributed by atoms with Crippen LogP contribution in [-0.2, 0) is 9.53 Å². The molecule has 2 N–H and O–H groups in total. The number of ether oxygens (including phenoxy) is 1. The van der Waals surface area contributed by atoms with E-state index in [1.807, 2.05) is 18.9 Å². The first-order chi connectivity index (χ1) is 7.15. The van der Waals surface area contributed by atoms with Crippen molar-refractivity contribution in [3.05, 3.63) is 0 Å². The lowest BCUT2D eigenvalue weighted by molar-refractivity contribution is -0.143. The molecule has 5 nitrogen and oxygen atoms in total. The average molecular weight is 216 g/mol. The standard InChI is InChI=1S/C10H20N2O3/c1-3-9(10(13)14)12(2)7-8-6-11-4-5-15-8/h8-9,11H,3-7H2,1-2H3,(H,13,14). The highest BCUT2D eigenvalue weighted by Crippen LogP contribution is 2.05. The fourth-order valence-corrected chi connectivity index (χ4v) is 1.86. The molecule has 2 unspecified atom stereocenters. The number of carbonyl (C=O) groups is 1. The maximum absolute atomic E-state index is 10.9. The van der Waals surface area contributed by atoms with Crippen LogP contribution in [0.3, 0.4) is 0 Å². The Bertz CT molecular complexity index is 205. The number of carboxylic acids is 1. The number of rotatable bonds is 5. The summed E-state index contributed by atoms with van der Waals surface area (Å²) in [5, 5.41) is 12.2. The van der Waals surface area contributed by atoms with Crippen molar-refractivity contribution in [2.24, 2.45) is 0 Å². The highest BCUT2D eigenvalue weighted by molar-refractivity contribution is 5.73. The number of hydrogen-bond donors (Lipinski definition) is 2. The maximum atomic E-state index is 10.9. The van der Waals surface area contributed by atoms with Crippen molar-refractivity contribution in [1.29, 1.82) is 0 Å². The molecule has 1 fully saturated rings. The van der Waals surface area contributed by atoms with E-state index >= 15 is 0 Å². The first-order valence-corrected chi connectivity index (χ1v) is 5.40. The van der Waals surface area contributed by atoms with Gasteiger partial charge >= 0.3 is 5.97 Å². The SMILES string of the molecule is CCC(C(=O)O)N(C)CC1CNCCO1. The van der Waals surface area contributed by atoms with Gasteiger partial charge in [0.1, 0.15) is 6.04 Å². The number of morpholine rings is 1. The molecule has 0 radical (unpaired) electrons. The van der Waals surface area contributed by atoms with Crippen LogP contribution in [0.5, 0.6) is 0 Å². The van der Waals surface area contributed by atoms with E-state index in [-0.39, 0.29) is 6.10 Å². The summed E-state index contributed by atoms with van der Waals surface area (Å²) in [5.74, 6) is -0.760. The summed E-state index contributed by atoms with van der Waals surface area (Å²) in [6, 6.07) is -0.407. The first kappa shape index (κ1) is 12.4. The Kier molecular flexibility index (Phi) is 5.01. The summed E-state index contributed by atoms with van der Waals surface area (Å²) in [6.07, 6.45) is 0.726. The van der Waals surface area contributed by atoms with E-state index in [0.717, 1.165) is 13.1 Å². The van der Waals surface area contributed by atoms with E-state index in [1.54, 1.807) is 0 Å². The zero-order valence-corrected chi connectivity index (χ0v) is 9.40. The van der Waals surface area contributed by atoms with Gasteiger partial charge in [0.15, 0.2) is 0 Å². The van der Waals surface area contributed by atoms with Crippen LogP contribution in [0.15, 0.2) is 0 Å². The fourth-order valence-electron chi connectivity index (χ4n) is 1.86. The summed E-state index contributed by atoms with van der Waals surface area (Å²) in [5.41, 5.74) is 0. The van der Waals surface area contributed by atoms with Gasteiger partial charge < -0.3 is 15.2 Å². The lowest BCUT2D eigenvalue weighted by atomic mass is 10.2. The van der Waals surface area contributed by atoms with E-state index in [9.17, 15) is 4.79 Å². The Morgan fingerprint density at radius 2 is 2.47 bits per heavy atom. The van der Waals surface area contributed by atoms with Gasteiger partial charge in [-0.3, -0.25) is 9.69 Å². The fraction of sp³-hybridized carbons (Fsp3) is 0.900. The highest BCUT2D eigenvalue weighted by Gasteiger charge is 2.24. The van der Waals surface area contributed by atoms with Crippen molar-refractivity contribution in [3.63, 3.8) is 0 Å². The van der Waals surface area contributed by atoms with Crippen molar-refractivity contribution in [1.82, 2.24) is 10.2 Å². The third-order valence-corrected chi connectivity index (χ3v) is 2.70. The Morgan fingerprint density at radius 3 is 2.93 bits per heavy atom. The summed E-state index contributed by atoms with van der Waals surface area (Å²) in [7, 11) is 1.83. The third-order valence-electron chi connectivity index (χ3n) is 2.70. The molecule has 15 heavy (non-hydrogen) atoms. The molecule has 0 aromatic heterocycles. The minimum absolute atomic E-state index is 0.108. The van der Waals surface area contributed by atoms with Gasteiger partial charge in [0.2, 0.25) is 0 Å². The summed E-state index contributed by atoms with van der Waals surface area (Å²) in [4.78, 5) is 12.8. The van der Waals surface area contributed by atoms with Gasteiger partial charge in [-0.2, -0.15) is 0 Å². The van der Waals surface area contributed by atoms with Gasteiger partial charge in [0.05, 0.1) is 12.7 Å². The van der Waals surface area contributed by atoms with E-state index in [4.69, 9.17) is 9.84 Å². The Hall–Kier alpha value is -0.650. The maximum Gasteiger partial charge on any atom is 0.320 e. The smallest absolute Gasteiger partial charge is 0.320 e. The van der Waals surface area contributed by atoms with E-state index < -0.39 is 12.0 Å². The third kappa shape index (κ3) is 3.77. The zero-order chi connectivity index (χ0) is 11.3. The predicted octanol–water partition coefficient (Wildman–Crippen LogP) is -0.230. The van der Waals surface area contributed by atoms with Crippen LogP contribution in [0.2, 0.25) is 0 Å². The predicted molar refractivity (Wildman–Crippen MR) is 57.0 cm³/mol. The second-order valence-corrected chi connectivity index (χ2v) is 3.90. The molecule has 0 saturated carbocycles. The monoisotopic (exact) mass is 216 g/mol. The Morgan fingerprint density at radius 1 is 1.73 bits per heavy atom. The lowest BCUT2D eigenvalue weighted by Crippen LogP contribution is -2.48. The normalized spacial score (nSPS) is 24.1. The number of hydrogen-bond acceptors (Lipinski definition) is 4. The minimum atomic E-state index is -0.760. The second kappa shape index (κ2) is 6.05. The van der Waals surface area contributed by atoms with Gasteiger partial charge in [0, 0.05) is 19.6 Å². The van der Waals surface area contributed by atoms with Gasteiger partial charge in [-0.15, -0.1) is 0 Å². The molecule has 1 aliphatic heterocycles. The summed E-state index contributed by atoms with van der Waals surface area (Å²) < 4.78 is 5.53. The average Bonchev–Trinajstić information content (AvgIpc) is 2.19. The van der Waals surface area contributed by atoms with Crippen LogP contribution in [0.1, 0.15) is 13.3 Å². The minimum Gasteiger partial charge on any atom is -0.480 e. The van der Waals surface area contributed by atoms with Crippen molar-refractivity contribution < 1.29 is 14.6 Å². The molecule has 0 amide bonds. The topological polar surface area (TPSA) is 61.8 Å². The largest absolute Gasteiger partial charge is 0.480 e. The molecular formula is C10H20N2O3. The molecular weight excluding hydrogens is 196 g/mol. The zero-order valence-electron chi connectivity index (χ0n) is 9.40. The van der Waals surface area contributed by atoms with E-state index in [0.29, 0.717) is 19.6 Å². The van der Waals surface area contributed by atoms with Crippen molar-refractivity contribution >= 4 is 5.97 Å². The second-order valence-electron chi connectivity index (χ2n) is 3.90. The van der Waals surface area contributed by atoms with Crippen LogP contribution >= 0.6 is 0 Å². The molecule has 5 heteroatoms. The molecule has 1 rings (SSSR count). The number of nitrogens with zero attached hydrogens (tertiary/aromatic N) is 1. The van der Waals surface area contributed by atoms with Gasteiger partial charge in [-0.05, 0) is 13.5 Å². The molecule has 0 aromatic rings. The van der Waals surface area contributed by atoms with Crippen LogP contribution in [0.25, 0.3) is 0 Å². The molecule has 0 spiro atoms. The van der Waals surface area contributed by atoms with Gasteiger partial charge in [-0.1, -0.05) is 6.92 Å². The molecule has 0 aromatic carbocycles. The van der Waals surface area contributed by atoms with E-state index in [1.165, 1.54) is 0 Å². The Labute approximate surface area is 90.4 Å². The van der Waals surface area contributed by atoms with Crippen molar-refractivity contribution in [3.8, 4) is 0 Å². The molecule has 88 valence electrons. The number of aliphatic carboxylic acids is 1. The molecule has 1 saturated heterocycles. The first-order valence-electron chi connectivity index (χ1n) is 5.40. The Balaban J connectivity index is 2.38. The lowest BCUT2D eigenvalue weighted by Gasteiger charge is -2.30. The quantitative estimate of drug-likeness (QED) is 0.664. The molecule has 0 bridgehead atoms. The van der Waals surface area contributed by atoms with Gasteiger partial charge in [0.25, 0.3) is 0 Å². The molecule has 2 atom stereocenters. The van der Waals surface area contributed by atoms with Crippen LogP contribution in [-0.4, -0.2) is 61.4 Å². The summed E-state index contributed by atoms with van der Waals surface area (Å²) >= 11 is 0. The van der Waals surface area contributed by atoms with Crippen molar-refractivity contribution in [2.45, 2.75) is 25.5 Å². The number of nitrogens with one attached hydrogen (secondary N) is 1. The van der Waals surface area contributed by atoms with Gasteiger partial charge in [-0.25, -0.2) is 0 Å². The van der Waals surface area contributed by atoms with Crippen LogP contribution in [0, 0.1) is 0 Å². The molecule has 0 aliphatic carbocycles. The highest BCUT2D eigenvalue weighted by atomic mass is 16.5. The van der Waals surface area contributed by atoms with Crippen molar-refractivity contribution in [2.75, 3.05) is 33.3 Å². The molecule has 1 heterocycles. The number of carboxylic acid groups (broad SMARTS) is 1. The molecule has 1 aliphatic rings. The number of likely N-dealkylation sites (N-methyl/N-ethyl adjacent to an activating group) is 1.